The largest absolute Gasteiger partial charge is 0.478 e. The monoisotopic (exact) mass is 209 g/mol. The molecule has 0 N–H and O–H groups in total. The predicted octanol–water partition coefficient (Wildman–Crippen LogP) is 2.74. The molecule has 0 aliphatic carbocycles. The van der Waals surface area contributed by atoms with Gasteiger partial charge in [0.05, 0.1) is 12.5 Å². The van der Waals surface area contributed by atoms with Crippen molar-refractivity contribution < 1.29 is 4.74 Å². The Balaban J connectivity index is 1.97. The molecule has 1 aliphatic rings. The van der Waals surface area contributed by atoms with Gasteiger partial charge in [-0.2, -0.15) is 0 Å². The second-order valence-electron chi connectivity index (χ2n) is 3.90. The third kappa shape index (κ3) is 2.15. The van der Waals surface area contributed by atoms with E-state index in [4.69, 9.17) is 4.74 Å². The first-order chi connectivity index (χ1) is 6.75. The van der Waals surface area contributed by atoms with Crippen LogP contribution in [0.25, 0.3) is 0 Å². The average Bonchev–Trinajstić information content (AvgIpc) is 2.75. The van der Waals surface area contributed by atoms with Crippen LogP contribution in [0.15, 0.2) is 22.5 Å². The summed E-state index contributed by atoms with van der Waals surface area (Å²) in [7, 11) is 0. The molecule has 1 atom stereocenters. The quantitative estimate of drug-likeness (QED) is 0.750. The lowest BCUT2D eigenvalue weighted by Crippen LogP contribution is -2.13. The summed E-state index contributed by atoms with van der Waals surface area (Å²) < 4.78 is 5.56. The summed E-state index contributed by atoms with van der Waals surface area (Å²) in [6, 6.07) is 4.55. The van der Waals surface area contributed by atoms with Crippen molar-refractivity contribution in [3.05, 3.63) is 22.4 Å². The minimum absolute atomic E-state index is 0.366. The molecule has 2 rings (SSSR count). The van der Waals surface area contributed by atoms with Crippen LogP contribution in [0.4, 0.5) is 0 Å². The summed E-state index contributed by atoms with van der Waals surface area (Å²) in [5.41, 5.74) is 0. The highest BCUT2D eigenvalue weighted by atomic mass is 32.1. The fourth-order valence-electron chi connectivity index (χ4n) is 1.44. The normalized spacial score (nSPS) is 21.1. The molecule has 1 aromatic rings. The number of thiophene rings is 1. The molecular weight excluding hydrogens is 194 g/mol. The number of rotatable bonds is 3. The number of aliphatic imine (C=N–C) groups is 1. The highest BCUT2D eigenvalue weighted by Crippen LogP contribution is 2.17. The van der Waals surface area contributed by atoms with Crippen molar-refractivity contribution in [3.63, 3.8) is 0 Å². The van der Waals surface area contributed by atoms with Crippen molar-refractivity contribution in [1.82, 2.24) is 0 Å². The Morgan fingerprint density at radius 2 is 2.50 bits per heavy atom. The average molecular weight is 209 g/mol. The molecule has 0 spiro atoms. The lowest BCUT2D eigenvalue weighted by molar-refractivity contribution is 0.287. The van der Waals surface area contributed by atoms with Gasteiger partial charge >= 0.3 is 0 Å². The van der Waals surface area contributed by atoms with E-state index < -0.39 is 0 Å². The molecule has 0 bridgehead atoms. The van der Waals surface area contributed by atoms with Crippen LogP contribution in [0.3, 0.4) is 0 Å². The van der Waals surface area contributed by atoms with E-state index in [9.17, 15) is 0 Å². The first-order valence-corrected chi connectivity index (χ1v) is 5.85. The zero-order chi connectivity index (χ0) is 9.97. The zero-order valence-electron chi connectivity index (χ0n) is 8.56. The molecule has 0 unspecified atom stereocenters. The molecule has 14 heavy (non-hydrogen) atoms. The third-order valence-electron chi connectivity index (χ3n) is 2.41. The van der Waals surface area contributed by atoms with Crippen molar-refractivity contribution in [2.45, 2.75) is 26.3 Å². The highest BCUT2D eigenvalue weighted by molar-refractivity contribution is 7.10. The Hall–Kier alpha value is -0.830. The first kappa shape index (κ1) is 9.71. The van der Waals surface area contributed by atoms with Gasteiger partial charge in [-0.3, -0.25) is 0 Å². The minimum atomic E-state index is 0.366. The van der Waals surface area contributed by atoms with Crippen molar-refractivity contribution >= 4 is 17.2 Å². The molecule has 1 aromatic heterocycles. The summed E-state index contributed by atoms with van der Waals surface area (Å²) in [5, 5.41) is 2.09. The van der Waals surface area contributed by atoms with Crippen LogP contribution in [0.1, 0.15) is 18.7 Å². The molecule has 2 heterocycles. The fourth-order valence-corrected chi connectivity index (χ4v) is 2.14. The summed E-state index contributed by atoms with van der Waals surface area (Å²) in [6.45, 7) is 5.13. The van der Waals surface area contributed by atoms with Gasteiger partial charge in [0.2, 0.25) is 0 Å². The molecule has 0 amide bonds. The molecule has 1 aliphatic heterocycles. The summed E-state index contributed by atoms with van der Waals surface area (Å²) in [5.74, 6) is 1.49. The van der Waals surface area contributed by atoms with Crippen LogP contribution in [0.5, 0.6) is 0 Å². The second kappa shape index (κ2) is 4.13. The second-order valence-corrected chi connectivity index (χ2v) is 4.93. The van der Waals surface area contributed by atoms with Gasteiger partial charge in [-0.1, -0.05) is 19.9 Å². The highest BCUT2D eigenvalue weighted by Gasteiger charge is 2.21. The van der Waals surface area contributed by atoms with Gasteiger partial charge in [0, 0.05) is 4.88 Å². The van der Waals surface area contributed by atoms with E-state index in [-0.39, 0.29) is 0 Å². The van der Waals surface area contributed by atoms with Crippen molar-refractivity contribution in [2.75, 3.05) is 6.61 Å². The molecule has 76 valence electrons. The Bertz CT molecular complexity index is 316. The van der Waals surface area contributed by atoms with Crippen molar-refractivity contribution in [3.8, 4) is 0 Å². The van der Waals surface area contributed by atoms with Crippen LogP contribution in [0.2, 0.25) is 0 Å². The molecule has 0 saturated carbocycles. The number of ether oxygens (including phenoxy) is 1. The van der Waals surface area contributed by atoms with E-state index in [0.29, 0.717) is 12.0 Å². The molecule has 0 radical (unpaired) electrons. The SMILES string of the molecule is CC(C)[C@@H]1COC(Cc2cccs2)=N1. The van der Waals surface area contributed by atoms with Gasteiger partial charge in [0.25, 0.3) is 0 Å². The van der Waals surface area contributed by atoms with Crippen LogP contribution in [-0.4, -0.2) is 18.5 Å². The number of hydrogen-bond donors (Lipinski definition) is 0. The van der Waals surface area contributed by atoms with E-state index in [1.807, 2.05) is 0 Å². The zero-order valence-corrected chi connectivity index (χ0v) is 9.38. The Kier molecular flexibility index (Phi) is 2.87. The molecule has 0 saturated heterocycles. The fraction of sp³-hybridized carbons (Fsp3) is 0.545. The maximum atomic E-state index is 5.56. The van der Waals surface area contributed by atoms with E-state index >= 15 is 0 Å². The van der Waals surface area contributed by atoms with Crippen LogP contribution >= 0.6 is 11.3 Å². The van der Waals surface area contributed by atoms with Gasteiger partial charge in [0.1, 0.15) is 6.61 Å². The molecular formula is C11H15NOS. The van der Waals surface area contributed by atoms with Crippen LogP contribution in [-0.2, 0) is 11.2 Å². The number of nitrogens with zero attached hydrogens (tertiary/aromatic N) is 1. The Labute approximate surface area is 88.6 Å². The van der Waals surface area contributed by atoms with Crippen molar-refractivity contribution in [1.29, 1.82) is 0 Å². The van der Waals surface area contributed by atoms with Crippen LogP contribution in [0, 0.1) is 5.92 Å². The van der Waals surface area contributed by atoms with Gasteiger partial charge in [-0.15, -0.1) is 11.3 Å². The first-order valence-electron chi connectivity index (χ1n) is 4.97. The molecule has 0 fully saturated rings. The summed E-state index contributed by atoms with van der Waals surface area (Å²) >= 11 is 1.76. The lowest BCUT2D eigenvalue weighted by atomic mass is 10.1. The van der Waals surface area contributed by atoms with Gasteiger partial charge < -0.3 is 4.74 Å². The number of hydrogen-bond acceptors (Lipinski definition) is 3. The van der Waals surface area contributed by atoms with E-state index in [2.05, 4.69) is 36.4 Å². The molecule has 0 aromatic carbocycles. The van der Waals surface area contributed by atoms with Crippen molar-refractivity contribution in [2.24, 2.45) is 10.9 Å². The third-order valence-corrected chi connectivity index (χ3v) is 3.28. The standard InChI is InChI=1S/C11H15NOS/c1-8(2)10-7-13-11(12-10)6-9-4-3-5-14-9/h3-5,8,10H,6-7H2,1-2H3/t10-/m0/s1. The smallest absolute Gasteiger partial charge is 0.189 e. The van der Waals surface area contributed by atoms with Gasteiger partial charge in [-0.25, -0.2) is 4.99 Å². The van der Waals surface area contributed by atoms with E-state index in [1.165, 1.54) is 4.88 Å². The maximum Gasteiger partial charge on any atom is 0.189 e. The van der Waals surface area contributed by atoms with Gasteiger partial charge in [0.15, 0.2) is 5.90 Å². The topological polar surface area (TPSA) is 21.6 Å². The van der Waals surface area contributed by atoms with Crippen LogP contribution < -0.4 is 0 Å². The molecule has 3 heteroatoms. The van der Waals surface area contributed by atoms with Gasteiger partial charge in [-0.05, 0) is 17.4 Å². The van der Waals surface area contributed by atoms with E-state index in [0.717, 1.165) is 18.9 Å². The molecule has 2 nitrogen and oxygen atoms in total. The summed E-state index contributed by atoms with van der Waals surface area (Å²) in [6.07, 6.45) is 0.862. The summed E-state index contributed by atoms with van der Waals surface area (Å²) in [4.78, 5) is 5.89. The lowest BCUT2D eigenvalue weighted by Gasteiger charge is -2.06. The maximum absolute atomic E-state index is 5.56. The van der Waals surface area contributed by atoms with E-state index in [1.54, 1.807) is 11.3 Å². The predicted molar refractivity (Wildman–Crippen MR) is 60.0 cm³/mol. The minimum Gasteiger partial charge on any atom is -0.478 e. The Morgan fingerprint density at radius 1 is 1.64 bits per heavy atom. The Morgan fingerprint density at radius 3 is 3.07 bits per heavy atom.